The van der Waals surface area contributed by atoms with Crippen LogP contribution < -0.4 is 0 Å². The van der Waals surface area contributed by atoms with Crippen LogP contribution in [-0.4, -0.2) is 51.1 Å². The van der Waals surface area contributed by atoms with E-state index in [4.69, 9.17) is 9.84 Å². The molecular formula is C9H16O6. The van der Waals surface area contributed by atoms with Gasteiger partial charge in [-0.05, 0) is 6.42 Å². The lowest BCUT2D eigenvalue weighted by Gasteiger charge is -2.11. The van der Waals surface area contributed by atoms with Gasteiger partial charge in [-0.25, -0.2) is 0 Å². The summed E-state index contributed by atoms with van der Waals surface area (Å²) in [6.45, 7) is 0.269. The third-order valence-corrected chi connectivity index (χ3v) is 1.76. The number of hydrogen-bond acceptors (Lipinski definition) is 6. The maximum Gasteiger partial charge on any atom is 0.320 e. The monoisotopic (exact) mass is 220 g/mol. The van der Waals surface area contributed by atoms with Crippen molar-refractivity contribution in [2.45, 2.75) is 6.42 Å². The average molecular weight is 220 g/mol. The summed E-state index contributed by atoms with van der Waals surface area (Å²) in [7, 11) is 2.40. The fourth-order valence-corrected chi connectivity index (χ4v) is 0.984. The summed E-state index contributed by atoms with van der Waals surface area (Å²) in [4.78, 5) is 22.3. The maximum absolute atomic E-state index is 11.1. The van der Waals surface area contributed by atoms with Gasteiger partial charge in [0.25, 0.3) is 0 Å². The first kappa shape index (κ1) is 13.9. The van der Waals surface area contributed by atoms with Crippen molar-refractivity contribution in [2.24, 2.45) is 5.92 Å². The molecule has 0 saturated heterocycles. The van der Waals surface area contributed by atoms with E-state index in [-0.39, 0.29) is 26.2 Å². The summed E-state index contributed by atoms with van der Waals surface area (Å²) in [5, 5.41) is 8.43. The van der Waals surface area contributed by atoms with Crippen molar-refractivity contribution in [3.63, 3.8) is 0 Å². The van der Waals surface area contributed by atoms with Crippen LogP contribution in [0.3, 0.4) is 0 Å². The SMILES string of the molecule is COC(=O)C(CCOCCO)C(=O)OC. The average Bonchev–Trinajstić information content (AvgIpc) is 2.27. The molecule has 0 saturated carbocycles. The van der Waals surface area contributed by atoms with Gasteiger partial charge in [-0.15, -0.1) is 0 Å². The maximum atomic E-state index is 11.1. The molecule has 6 heteroatoms. The van der Waals surface area contributed by atoms with E-state index in [0.717, 1.165) is 0 Å². The van der Waals surface area contributed by atoms with Gasteiger partial charge in [0.2, 0.25) is 0 Å². The molecule has 0 aliphatic rings. The summed E-state index contributed by atoms with van der Waals surface area (Å²) < 4.78 is 13.8. The van der Waals surface area contributed by atoms with Crippen LogP contribution >= 0.6 is 0 Å². The predicted octanol–water partition coefficient (Wildman–Crippen LogP) is -0.652. The quantitative estimate of drug-likeness (QED) is 0.349. The third kappa shape index (κ3) is 5.34. The fraction of sp³-hybridized carbons (Fsp3) is 0.778. The second-order valence-corrected chi connectivity index (χ2v) is 2.72. The number of carbonyl (C=O) groups excluding carboxylic acids is 2. The number of rotatable bonds is 7. The van der Waals surface area contributed by atoms with Crippen molar-refractivity contribution < 1.29 is 28.9 Å². The first-order valence-corrected chi connectivity index (χ1v) is 4.51. The van der Waals surface area contributed by atoms with E-state index in [1.807, 2.05) is 0 Å². The molecule has 88 valence electrons. The highest BCUT2D eigenvalue weighted by Gasteiger charge is 2.27. The van der Waals surface area contributed by atoms with Crippen LogP contribution in [0.4, 0.5) is 0 Å². The molecule has 0 aliphatic carbocycles. The highest BCUT2D eigenvalue weighted by atomic mass is 16.5. The molecule has 0 bridgehead atoms. The van der Waals surface area contributed by atoms with E-state index < -0.39 is 17.9 Å². The van der Waals surface area contributed by atoms with Crippen molar-refractivity contribution in [2.75, 3.05) is 34.0 Å². The molecule has 0 rings (SSSR count). The minimum atomic E-state index is -0.960. The van der Waals surface area contributed by atoms with Crippen LogP contribution in [0, 0.1) is 5.92 Å². The predicted molar refractivity (Wildman–Crippen MR) is 50.0 cm³/mol. The van der Waals surface area contributed by atoms with Crippen LogP contribution in [0.1, 0.15) is 6.42 Å². The second kappa shape index (κ2) is 8.19. The van der Waals surface area contributed by atoms with E-state index in [0.29, 0.717) is 0 Å². The Morgan fingerprint density at radius 2 is 1.67 bits per heavy atom. The van der Waals surface area contributed by atoms with Crippen molar-refractivity contribution in [3.8, 4) is 0 Å². The standard InChI is InChI=1S/C9H16O6/c1-13-8(11)7(9(12)14-2)3-5-15-6-4-10/h7,10H,3-6H2,1-2H3. The summed E-state index contributed by atoms with van der Waals surface area (Å²) >= 11 is 0. The van der Waals surface area contributed by atoms with Gasteiger partial charge in [0.1, 0.15) is 0 Å². The Labute approximate surface area is 88.1 Å². The molecule has 0 radical (unpaired) electrons. The number of esters is 2. The molecule has 0 fully saturated rings. The molecule has 15 heavy (non-hydrogen) atoms. The van der Waals surface area contributed by atoms with Crippen molar-refractivity contribution in [1.29, 1.82) is 0 Å². The Bertz CT molecular complexity index is 187. The molecule has 0 atom stereocenters. The van der Waals surface area contributed by atoms with Gasteiger partial charge in [-0.3, -0.25) is 9.59 Å². The zero-order valence-corrected chi connectivity index (χ0v) is 8.89. The van der Waals surface area contributed by atoms with Gasteiger partial charge >= 0.3 is 11.9 Å². The van der Waals surface area contributed by atoms with E-state index >= 15 is 0 Å². The van der Waals surface area contributed by atoms with Crippen molar-refractivity contribution in [1.82, 2.24) is 0 Å². The lowest BCUT2D eigenvalue weighted by Crippen LogP contribution is -2.27. The first-order chi connectivity index (χ1) is 7.17. The van der Waals surface area contributed by atoms with E-state index in [1.54, 1.807) is 0 Å². The Hall–Kier alpha value is -1.14. The number of carbonyl (C=O) groups is 2. The normalized spacial score (nSPS) is 10.1. The number of ether oxygens (including phenoxy) is 3. The topological polar surface area (TPSA) is 82.1 Å². The van der Waals surface area contributed by atoms with E-state index in [2.05, 4.69) is 9.47 Å². The van der Waals surface area contributed by atoms with E-state index in [9.17, 15) is 9.59 Å². The molecular weight excluding hydrogens is 204 g/mol. The largest absolute Gasteiger partial charge is 0.468 e. The van der Waals surface area contributed by atoms with Crippen LogP contribution in [-0.2, 0) is 23.8 Å². The van der Waals surface area contributed by atoms with Gasteiger partial charge < -0.3 is 19.3 Å². The molecule has 0 heterocycles. The summed E-state index contributed by atoms with van der Waals surface area (Å²) in [6, 6.07) is 0. The Balaban J connectivity index is 4.02. The molecule has 0 amide bonds. The van der Waals surface area contributed by atoms with Crippen LogP contribution in [0.2, 0.25) is 0 Å². The second-order valence-electron chi connectivity index (χ2n) is 2.72. The summed E-state index contributed by atoms with van der Waals surface area (Å²) in [5.41, 5.74) is 0. The Morgan fingerprint density at radius 1 is 1.13 bits per heavy atom. The van der Waals surface area contributed by atoms with Gasteiger partial charge in [0, 0.05) is 6.61 Å². The van der Waals surface area contributed by atoms with Crippen molar-refractivity contribution >= 4 is 11.9 Å². The Morgan fingerprint density at radius 3 is 2.07 bits per heavy atom. The highest BCUT2D eigenvalue weighted by molar-refractivity contribution is 5.94. The number of methoxy groups -OCH3 is 2. The molecule has 0 unspecified atom stereocenters. The smallest absolute Gasteiger partial charge is 0.320 e. The molecule has 0 spiro atoms. The number of aliphatic hydroxyl groups is 1. The van der Waals surface area contributed by atoms with Gasteiger partial charge in [0.15, 0.2) is 5.92 Å². The zero-order valence-electron chi connectivity index (χ0n) is 8.89. The third-order valence-electron chi connectivity index (χ3n) is 1.76. The van der Waals surface area contributed by atoms with Gasteiger partial charge in [-0.2, -0.15) is 0 Å². The molecule has 0 aromatic rings. The lowest BCUT2D eigenvalue weighted by atomic mass is 10.1. The summed E-state index contributed by atoms with van der Waals surface area (Å²) in [5.74, 6) is -2.25. The molecule has 0 aliphatic heterocycles. The van der Waals surface area contributed by atoms with Crippen LogP contribution in [0.15, 0.2) is 0 Å². The van der Waals surface area contributed by atoms with E-state index in [1.165, 1.54) is 14.2 Å². The lowest BCUT2D eigenvalue weighted by molar-refractivity contribution is -0.159. The first-order valence-electron chi connectivity index (χ1n) is 4.51. The minimum absolute atomic E-state index is 0.0961. The highest BCUT2D eigenvalue weighted by Crippen LogP contribution is 2.08. The molecule has 0 aromatic carbocycles. The number of hydrogen-bond donors (Lipinski definition) is 1. The Kier molecular flexibility index (Phi) is 7.57. The molecule has 0 aromatic heterocycles. The molecule has 6 nitrogen and oxygen atoms in total. The van der Waals surface area contributed by atoms with Crippen LogP contribution in [0.25, 0.3) is 0 Å². The van der Waals surface area contributed by atoms with Gasteiger partial charge in [-0.1, -0.05) is 0 Å². The van der Waals surface area contributed by atoms with Gasteiger partial charge in [0.05, 0.1) is 27.4 Å². The summed E-state index contributed by atoms with van der Waals surface area (Å²) in [6.07, 6.45) is 0.180. The zero-order chi connectivity index (χ0) is 11.7. The van der Waals surface area contributed by atoms with Crippen LogP contribution in [0.5, 0.6) is 0 Å². The molecule has 1 N–H and O–H groups in total. The minimum Gasteiger partial charge on any atom is -0.468 e. The van der Waals surface area contributed by atoms with Crippen molar-refractivity contribution in [3.05, 3.63) is 0 Å². The fourth-order valence-electron chi connectivity index (χ4n) is 0.984. The number of aliphatic hydroxyl groups excluding tert-OH is 1.